The molecule has 0 atom stereocenters. The monoisotopic (exact) mass is 536 g/mol. The first-order valence-corrected chi connectivity index (χ1v) is 12.1. The third-order valence-electron chi connectivity index (χ3n) is 5.47. The average molecular weight is 537 g/mol. The molecule has 2 N–H and O–H groups in total. The van der Waals surface area contributed by atoms with Crippen molar-refractivity contribution in [3.63, 3.8) is 0 Å². The highest BCUT2D eigenvalue weighted by Crippen LogP contribution is 2.28. The zero-order valence-corrected chi connectivity index (χ0v) is 21.0. The zero-order valence-electron chi connectivity index (χ0n) is 19.4. The first-order chi connectivity index (χ1) is 16.9. The summed E-state index contributed by atoms with van der Waals surface area (Å²) in [6, 6.07) is 16.8. The van der Waals surface area contributed by atoms with Gasteiger partial charge in [-0.2, -0.15) is 0 Å². The van der Waals surface area contributed by atoms with E-state index in [0.717, 1.165) is 22.0 Å². The van der Waals surface area contributed by atoms with Gasteiger partial charge in [0.2, 0.25) is 17.1 Å². The van der Waals surface area contributed by atoms with Crippen LogP contribution in [0.3, 0.4) is 0 Å². The summed E-state index contributed by atoms with van der Waals surface area (Å²) in [7, 11) is 3.94. The number of carbonyl (C=O) groups excluding carboxylic acids is 1. The maximum Gasteiger partial charge on any atom is 0.235 e. The topological polar surface area (TPSA) is 92.0 Å². The molecule has 4 aromatic rings. The van der Waals surface area contributed by atoms with Gasteiger partial charge in [0.15, 0.2) is 5.76 Å². The van der Waals surface area contributed by atoms with Gasteiger partial charge < -0.3 is 24.5 Å². The van der Waals surface area contributed by atoms with Crippen molar-refractivity contribution in [2.24, 2.45) is 0 Å². The molecule has 0 aliphatic heterocycles. The lowest BCUT2D eigenvalue weighted by molar-refractivity contribution is -0.118. The van der Waals surface area contributed by atoms with Crippen LogP contribution in [0.15, 0.2) is 63.8 Å². The Morgan fingerprint density at radius 2 is 1.86 bits per heavy atom. The van der Waals surface area contributed by atoms with Crippen molar-refractivity contribution < 1.29 is 19.1 Å². The van der Waals surface area contributed by atoms with Crippen molar-refractivity contribution in [3.05, 3.63) is 76.1 Å². The number of hydrogen-bond acceptors (Lipinski definition) is 6. The van der Waals surface area contributed by atoms with Crippen molar-refractivity contribution in [3.8, 4) is 11.5 Å². The summed E-state index contributed by atoms with van der Waals surface area (Å²) in [4.78, 5) is 26.1. The molecule has 0 unspecified atom stereocenters. The van der Waals surface area contributed by atoms with Gasteiger partial charge in [0.25, 0.3) is 0 Å². The fourth-order valence-corrected chi connectivity index (χ4v) is 3.79. The molecular formula is C27H25BrN2O5. The second-order valence-electron chi connectivity index (χ2n) is 8.15. The number of amides is 1. The molecule has 0 spiro atoms. The largest absolute Gasteiger partial charge is 0.502 e. The highest BCUT2D eigenvalue weighted by atomic mass is 79.9. The van der Waals surface area contributed by atoms with Crippen molar-refractivity contribution in [2.45, 2.75) is 0 Å². The number of halogens is 1. The van der Waals surface area contributed by atoms with Crippen LogP contribution in [0.1, 0.15) is 11.3 Å². The van der Waals surface area contributed by atoms with Gasteiger partial charge in [-0.15, -0.1) is 0 Å². The van der Waals surface area contributed by atoms with Gasteiger partial charge in [-0.05, 0) is 58.8 Å². The Kier molecular flexibility index (Phi) is 7.41. The number of nitrogens with zero attached hydrogens (tertiary/aromatic N) is 1. The third-order valence-corrected chi connectivity index (χ3v) is 5.98. The highest BCUT2D eigenvalue weighted by molar-refractivity contribution is 9.09. The number of carbonyl (C=O) groups is 1. The van der Waals surface area contributed by atoms with Crippen LogP contribution in [0.5, 0.6) is 11.5 Å². The molecule has 0 bridgehead atoms. The van der Waals surface area contributed by atoms with Crippen molar-refractivity contribution in [2.75, 3.05) is 37.5 Å². The van der Waals surface area contributed by atoms with Crippen LogP contribution in [0.2, 0.25) is 0 Å². The normalized spacial score (nSPS) is 11.3. The van der Waals surface area contributed by atoms with E-state index in [1.165, 1.54) is 0 Å². The van der Waals surface area contributed by atoms with E-state index in [-0.39, 0.29) is 17.0 Å². The second kappa shape index (κ2) is 10.7. The van der Waals surface area contributed by atoms with Crippen LogP contribution in [-0.2, 0) is 4.79 Å². The maximum atomic E-state index is 12.8. The number of fused-ring (bicyclic) bond motifs is 2. The minimum absolute atomic E-state index is 0.0912. The van der Waals surface area contributed by atoms with E-state index in [2.05, 4.69) is 21.2 Å². The summed E-state index contributed by atoms with van der Waals surface area (Å²) in [5.74, 6) is 0.191. The standard InChI is InChI=1S/C27H25BrN2O5/c1-30(2)20-7-3-17(4-8-20)5-10-23-27(33)26(32)22-14-18-6-9-21(13-19(18)15-24(22)35-23)34-12-11-29-25(31)16-28/h3-10,13-15,33H,11-12,16H2,1-2H3,(H,29,31)/b10-5+. The lowest BCUT2D eigenvalue weighted by atomic mass is 10.1. The molecule has 1 amide bonds. The van der Waals surface area contributed by atoms with Crippen LogP contribution in [0.25, 0.3) is 33.9 Å². The Labute approximate surface area is 210 Å². The SMILES string of the molecule is CN(C)c1ccc(/C=C/c2oc3cc4cc(OCCNC(=O)CBr)ccc4cc3c(=O)c2O)cc1. The van der Waals surface area contributed by atoms with Crippen LogP contribution >= 0.6 is 15.9 Å². The lowest BCUT2D eigenvalue weighted by Gasteiger charge is -2.11. The molecule has 8 heteroatoms. The van der Waals surface area contributed by atoms with Crippen LogP contribution < -0.4 is 20.4 Å². The van der Waals surface area contributed by atoms with Gasteiger partial charge in [-0.25, -0.2) is 0 Å². The van der Waals surface area contributed by atoms with Crippen LogP contribution in [0, 0.1) is 0 Å². The van der Waals surface area contributed by atoms with E-state index in [4.69, 9.17) is 9.15 Å². The van der Waals surface area contributed by atoms with Gasteiger partial charge >= 0.3 is 0 Å². The predicted octanol–water partition coefficient (Wildman–Crippen LogP) is 4.78. The summed E-state index contributed by atoms with van der Waals surface area (Å²) in [5, 5.41) is 15.4. The van der Waals surface area contributed by atoms with E-state index < -0.39 is 11.2 Å². The Bertz CT molecular complexity index is 1460. The zero-order chi connectivity index (χ0) is 24.9. The Morgan fingerprint density at radius 1 is 1.09 bits per heavy atom. The summed E-state index contributed by atoms with van der Waals surface area (Å²) < 4.78 is 11.6. The van der Waals surface area contributed by atoms with E-state index in [1.54, 1.807) is 30.4 Å². The molecule has 4 rings (SSSR count). The van der Waals surface area contributed by atoms with E-state index >= 15 is 0 Å². The van der Waals surface area contributed by atoms with Crippen LogP contribution in [-0.4, -0.2) is 43.6 Å². The first-order valence-electron chi connectivity index (χ1n) is 11.0. The van der Waals surface area contributed by atoms with Crippen LogP contribution in [0.4, 0.5) is 5.69 Å². The molecule has 0 fully saturated rings. The number of aromatic hydroxyl groups is 1. The van der Waals surface area contributed by atoms with Crippen molar-refractivity contribution in [1.29, 1.82) is 0 Å². The molecule has 180 valence electrons. The molecule has 1 aromatic heterocycles. The summed E-state index contributed by atoms with van der Waals surface area (Å²) in [6.07, 6.45) is 3.37. The van der Waals surface area contributed by atoms with Gasteiger partial charge in [-0.3, -0.25) is 9.59 Å². The quantitative estimate of drug-likeness (QED) is 0.191. The van der Waals surface area contributed by atoms with Gasteiger partial charge in [0.1, 0.15) is 17.9 Å². The molecule has 3 aromatic carbocycles. The highest BCUT2D eigenvalue weighted by Gasteiger charge is 2.13. The lowest BCUT2D eigenvalue weighted by Crippen LogP contribution is -2.28. The van der Waals surface area contributed by atoms with E-state index in [9.17, 15) is 14.7 Å². The summed E-state index contributed by atoms with van der Waals surface area (Å²) >= 11 is 3.10. The molecule has 0 saturated carbocycles. The molecule has 0 aliphatic carbocycles. The molecule has 1 heterocycles. The van der Waals surface area contributed by atoms with Gasteiger partial charge in [0, 0.05) is 19.8 Å². The Balaban J connectivity index is 1.61. The number of rotatable bonds is 8. The van der Waals surface area contributed by atoms with E-state index in [1.807, 2.05) is 55.4 Å². The molecular weight excluding hydrogens is 512 g/mol. The first kappa shape index (κ1) is 24.3. The molecule has 0 aliphatic rings. The number of benzene rings is 3. The fraction of sp³-hybridized carbons (Fsp3) is 0.185. The minimum atomic E-state index is -0.487. The number of alkyl halides is 1. The summed E-state index contributed by atoms with van der Waals surface area (Å²) in [5.41, 5.74) is 1.86. The minimum Gasteiger partial charge on any atom is -0.502 e. The maximum absolute atomic E-state index is 12.8. The molecule has 0 radical (unpaired) electrons. The smallest absolute Gasteiger partial charge is 0.235 e. The van der Waals surface area contributed by atoms with Crippen molar-refractivity contribution >= 4 is 61.4 Å². The molecule has 7 nitrogen and oxygen atoms in total. The second-order valence-corrected chi connectivity index (χ2v) is 8.71. The average Bonchev–Trinajstić information content (AvgIpc) is 2.87. The summed E-state index contributed by atoms with van der Waals surface area (Å²) in [6.45, 7) is 0.715. The number of hydrogen-bond donors (Lipinski definition) is 2. The third kappa shape index (κ3) is 5.66. The van der Waals surface area contributed by atoms with Crippen molar-refractivity contribution in [1.82, 2.24) is 5.32 Å². The molecule has 0 saturated heterocycles. The fourth-order valence-electron chi connectivity index (χ4n) is 3.59. The van der Waals surface area contributed by atoms with E-state index in [0.29, 0.717) is 29.9 Å². The van der Waals surface area contributed by atoms with Gasteiger partial charge in [0.05, 0.1) is 17.3 Å². The Morgan fingerprint density at radius 3 is 2.57 bits per heavy atom. The Hall–Kier alpha value is -3.78. The number of ether oxygens (including phenoxy) is 1. The number of anilines is 1. The predicted molar refractivity (Wildman–Crippen MR) is 144 cm³/mol. The number of nitrogens with one attached hydrogen (secondary N) is 1. The molecule has 35 heavy (non-hydrogen) atoms. The van der Waals surface area contributed by atoms with Gasteiger partial charge in [-0.1, -0.05) is 40.2 Å².